The van der Waals surface area contributed by atoms with Crippen LogP contribution in [0.4, 0.5) is 0 Å². The number of aromatic hydroxyl groups is 1. The number of phenols is 1. The van der Waals surface area contributed by atoms with Crippen LogP contribution in [0.15, 0.2) is 42.6 Å². The molecule has 158 valence electrons. The van der Waals surface area contributed by atoms with Crippen LogP contribution in [0.1, 0.15) is 35.2 Å². The first kappa shape index (κ1) is 20.0. The lowest BCUT2D eigenvalue weighted by molar-refractivity contribution is 0.0967. The number of methoxy groups -OCH3 is 1. The summed E-state index contributed by atoms with van der Waals surface area (Å²) in [5.41, 5.74) is 5.51. The van der Waals surface area contributed by atoms with Gasteiger partial charge in [0.2, 0.25) is 0 Å². The number of rotatable bonds is 5. The SMILES string of the molecule is COc1cc(-c2ccc3ncc(C(=O)C4CC4)c(C4=CCNCC4)c3c2)cc(Cl)c1O. The lowest BCUT2D eigenvalue weighted by Gasteiger charge is -2.19. The van der Waals surface area contributed by atoms with Crippen molar-refractivity contribution in [2.45, 2.75) is 19.3 Å². The van der Waals surface area contributed by atoms with E-state index in [0.717, 1.165) is 65.5 Å². The second-order valence-electron chi connectivity index (χ2n) is 8.11. The van der Waals surface area contributed by atoms with E-state index in [1.54, 1.807) is 18.3 Å². The van der Waals surface area contributed by atoms with E-state index in [0.29, 0.717) is 5.75 Å². The number of hydrogen-bond acceptors (Lipinski definition) is 5. The highest BCUT2D eigenvalue weighted by Gasteiger charge is 2.33. The number of Topliss-reactive ketones (excluding diaryl/α,β-unsaturated/α-hetero) is 1. The summed E-state index contributed by atoms with van der Waals surface area (Å²) in [6, 6.07) is 9.48. The number of ether oxygens (including phenoxy) is 1. The van der Waals surface area contributed by atoms with Gasteiger partial charge in [0, 0.05) is 29.6 Å². The Morgan fingerprint density at radius 2 is 2.06 bits per heavy atom. The molecule has 3 aromatic rings. The number of benzene rings is 2. The quantitative estimate of drug-likeness (QED) is 0.537. The highest BCUT2D eigenvalue weighted by molar-refractivity contribution is 6.32. The molecule has 5 rings (SSSR count). The highest BCUT2D eigenvalue weighted by Crippen LogP contribution is 2.41. The normalized spacial score (nSPS) is 16.3. The van der Waals surface area contributed by atoms with Gasteiger partial charge in [-0.05, 0) is 72.3 Å². The molecular weight excluding hydrogens is 412 g/mol. The van der Waals surface area contributed by atoms with Crippen molar-refractivity contribution in [3.05, 3.63) is 58.8 Å². The topological polar surface area (TPSA) is 71.5 Å². The Morgan fingerprint density at radius 3 is 2.77 bits per heavy atom. The fourth-order valence-corrected chi connectivity index (χ4v) is 4.43. The van der Waals surface area contributed by atoms with E-state index < -0.39 is 0 Å². The monoisotopic (exact) mass is 434 g/mol. The number of hydrogen-bond donors (Lipinski definition) is 2. The number of ketones is 1. The fraction of sp³-hybridized carbons (Fsp3) is 0.280. The molecule has 1 saturated carbocycles. The lowest BCUT2D eigenvalue weighted by atomic mass is 9.89. The van der Waals surface area contributed by atoms with Gasteiger partial charge in [0.1, 0.15) is 0 Å². The molecule has 0 atom stereocenters. The van der Waals surface area contributed by atoms with Gasteiger partial charge in [-0.3, -0.25) is 9.78 Å². The molecular formula is C25H23ClN2O3. The van der Waals surface area contributed by atoms with Crippen LogP contribution in [-0.2, 0) is 0 Å². The molecule has 2 N–H and O–H groups in total. The summed E-state index contributed by atoms with van der Waals surface area (Å²) >= 11 is 6.22. The van der Waals surface area contributed by atoms with Gasteiger partial charge < -0.3 is 15.2 Å². The lowest BCUT2D eigenvalue weighted by Crippen LogP contribution is -2.21. The van der Waals surface area contributed by atoms with E-state index in [1.165, 1.54) is 12.7 Å². The van der Waals surface area contributed by atoms with Crippen LogP contribution in [-0.4, -0.2) is 36.1 Å². The zero-order valence-corrected chi connectivity index (χ0v) is 18.0. The standard InChI is InChI=1S/C25H23ClN2O3/c1-31-22-12-17(11-20(26)25(22)30)16-4-5-21-18(10-16)23(14-6-8-27-9-7-14)19(13-28-21)24(29)15-2-3-15/h4-6,10-13,15,27,30H,2-3,7-9H2,1H3. The van der Waals surface area contributed by atoms with Crippen molar-refractivity contribution in [3.8, 4) is 22.6 Å². The predicted octanol–water partition coefficient (Wildman–Crippen LogP) is 5.24. The van der Waals surface area contributed by atoms with E-state index in [4.69, 9.17) is 16.3 Å². The third-order valence-electron chi connectivity index (χ3n) is 6.05. The molecule has 0 bridgehead atoms. The van der Waals surface area contributed by atoms with Crippen LogP contribution in [0.2, 0.25) is 5.02 Å². The van der Waals surface area contributed by atoms with E-state index in [1.807, 2.05) is 12.1 Å². The maximum absolute atomic E-state index is 13.1. The Morgan fingerprint density at radius 1 is 1.23 bits per heavy atom. The zero-order valence-electron chi connectivity index (χ0n) is 17.2. The number of carbonyl (C=O) groups excluding carboxylic acids is 1. The van der Waals surface area contributed by atoms with Gasteiger partial charge in [0.05, 0.1) is 17.6 Å². The number of fused-ring (bicyclic) bond motifs is 1. The van der Waals surface area contributed by atoms with Crippen LogP contribution < -0.4 is 10.1 Å². The van der Waals surface area contributed by atoms with Crippen molar-refractivity contribution >= 4 is 33.9 Å². The van der Waals surface area contributed by atoms with Crippen molar-refractivity contribution < 1.29 is 14.6 Å². The Balaban J connectivity index is 1.73. The van der Waals surface area contributed by atoms with Crippen molar-refractivity contribution in [1.82, 2.24) is 10.3 Å². The summed E-state index contributed by atoms with van der Waals surface area (Å²) in [7, 11) is 1.50. The summed E-state index contributed by atoms with van der Waals surface area (Å²) in [6.07, 6.45) is 6.72. The van der Waals surface area contributed by atoms with Crippen LogP contribution in [0, 0.1) is 5.92 Å². The van der Waals surface area contributed by atoms with Crippen molar-refractivity contribution in [2.24, 2.45) is 5.92 Å². The van der Waals surface area contributed by atoms with Gasteiger partial charge in [-0.2, -0.15) is 0 Å². The molecule has 6 heteroatoms. The van der Waals surface area contributed by atoms with Crippen LogP contribution in [0.3, 0.4) is 0 Å². The van der Waals surface area contributed by atoms with Crippen LogP contribution in [0.25, 0.3) is 27.6 Å². The van der Waals surface area contributed by atoms with Crippen molar-refractivity contribution in [1.29, 1.82) is 0 Å². The number of nitrogens with one attached hydrogen (secondary N) is 1. The molecule has 5 nitrogen and oxygen atoms in total. The molecule has 2 heterocycles. The summed E-state index contributed by atoms with van der Waals surface area (Å²) in [5.74, 6) is 0.570. The van der Waals surface area contributed by atoms with Crippen LogP contribution in [0.5, 0.6) is 11.5 Å². The minimum Gasteiger partial charge on any atom is -0.503 e. The second kappa shape index (κ2) is 7.98. The minimum absolute atomic E-state index is 0.0757. The van der Waals surface area contributed by atoms with Gasteiger partial charge in [-0.1, -0.05) is 23.7 Å². The third kappa shape index (κ3) is 3.68. The summed E-state index contributed by atoms with van der Waals surface area (Å²) in [5, 5.41) is 14.6. The van der Waals surface area contributed by atoms with E-state index in [9.17, 15) is 9.90 Å². The first-order valence-corrected chi connectivity index (χ1v) is 10.9. The second-order valence-corrected chi connectivity index (χ2v) is 8.52. The number of nitrogens with zero attached hydrogens (tertiary/aromatic N) is 1. The fourth-order valence-electron chi connectivity index (χ4n) is 4.22. The highest BCUT2D eigenvalue weighted by atomic mass is 35.5. The molecule has 1 fully saturated rings. The van der Waals surface area contributed by atoms with Gasteiger partial charge in [-0.25, -0.2) is 0 Å². The Labute approximate surface area is 185 Å². The minimum atomic E-state index is -0.0757. The van der Waals surface area contributed by atoms with Gasteiger partial charge >= 0.3 is 0 Å². The zero-order chi connectivity index (χ0) is 21.5. The molecule has 0 radical (unpaired) electrons. The molecule has 1 aliphatic heterocycles. The first-order chi connectivity index (χ1) is 15.1. The number of halogens is 1. The Hall–Kier alpha value is -2.89. The molecule has 1 aromatic heterocycles. The van der Waals surface area contributed by atoms with Crippen molar-refractivity contribution in [3.63, 3.8) is 0 Å². The number of carbonyl (C=O) groups is 1. The largest absolute Gasteiger partial charge is 0.503 e. The van der Waals surface area contributed by atoms with E-state index in [2.05, 4.69) is 22.4 Å². The molecule has 0 unspecified atom stereocenters. The van der Waals surface area contributed by atoms with Crippen LogP contribution >= 0.6 is 11.6 Å². The Kier molecular flexibility index (Phi) is 5.16. The van der Waals surface area contributed by atoms with Crippen molar-refractivity contribution in [2.75, 3.05) is 20.2 Å². The molecule has 2 aliphatic rings. The smallest absolute Gasteiger partial charge is 0.176 e. The van der Waals surface area contributed by atoms with Gasteiger partial charge in [0.25, 0.3) is 0 Å². The third-order valence-corrected chi connectivity index (χ3v) is 6.34. The number of pyridine rings is 1. The number of aromatic nitrogens is 1. The predicted molar refractivity (Wildman–Crippen MR) is 123 cm³/mol. The first-order valence-electron chi connectivity index (χ1n) is 10.5. The number of phenolic OH excluding ortho intramolecular Hbond substituents is 1. The average Bonchev–Trinajstić information content (AvgIpc) is 3.65. The Bertz CT molecular complexity index is 1230. The molecule has 31 heavy (non-hydrogen) atoms. The molecule has 1 aliphatic carbocycles. The molecule has 0 spiro atoms. The van der Waals surface area contributed by atoms with E-state index >= 15 is 0 Å². The molecule has 2 aromatic carbocycles. The summed E-state index contributed by atoms with van der Waals surface area (Å²) < 4.78 is 5.27. The maximum atomic E-state index is 13.1. The molecule has 0 amide bonds. The molecule has 0 saturated heterocycles. The summed E-state index contributed by atoms with van der Waals surface area (Å²) in [4.78, 5) is 17.7. The average molecular weight is 435 g/mol. The van der Waals surface area contributed by atoms with E-state index in [-0.39, 0.29) is 22.5 Å². The van der Waals surface area contributed by atoms with Gasteiger partial charge in [-0.15, -0.1) is 0 Å². The van der Waals surface area contributed by atoms with Gasteiger partial charge in [0.15, 0.2) is 17.3 Å². The maximum Gasteiger partial charge on any atom is 0.176 e. The summed E-state index contributed by atoms with van der Waals surface area (Å²) in [6.45, 7) is 1.68.